The van der Waals surface area contributed by atoms with Crippen molar-refractivity contribution >= 4 is 27.0 Å². The van der Waals surface area contributed by atoms with Gasteiger partial charge in [0.1, 0.15) is 4.21 Å². The first-order valence-electron chi connectivity index (χ1n) is 7.09. The second-order valence-corrected chi connectivity index (χ2v) is 8.18. The number of thiophene rings is 1. The highest BCUT2D eigenvalue weighted by Gasteiger charge is 2.26. The molecule has 0 aliphatic rings. The van der Waals surface area contributed by atoms with Crippen molar-refractivity contribution in [3.63, 3.8) is 0 Å². The molecule has 0 amide bonds. The molecule has 0 aliphatic carbocycles. The number of benzene rings is 1. The van der Waals surface area contributed by atoms with E-state index in [4.69, 9.17) is 0 Å². The van der Waals surface area contributed by atoms with Crippen molar-refractivity contribution < 1.29 is 8.42 Å². The topological polar surface area (TPSA) is 50.3 Å². The lowest BCUT2D eigenvalue weighted by Gasteiger charge is -2.24. The van der Waals surface area contributed by atoms with Gasteiger partial charge >= 0.3 is 0 Å². The minimum Gasteiger partial charge on any atom is -0.264 e. The van der Waals surface area contributed by atoms with Crippen LogP contribution in [0.1, 0.15) is 11.1 Å². The van der Waals surface area contributed by atoms with Crippen LogP contribution in [0.2, 0.25) is 0 Å². The molecule has 4 nitrogen and oxygen atoms in total. The predicted octanol–water partition coefficient (Wildman–Crippen LogP) is 3.85. The number of aromatic nitrogens is 1. The van der Waals surface area contributed by atoms with Crippen molar-refractivity contribution in [1.29, 1.82) is 0 Å². The molecule has 1 aromatic carbocycles. The second-order valence-electron chi connectivity index (χ2n) is 5.14. The molecule has 2 aromatic heterocycles. The Hall–Kier alpha value is -2.18. The van der Waals surface area contributed by atoms with E-state index >= 15 is 0 Å². The number of aryl methyl sites for hydroxylation is 1. The molecule has 23 heavy (non-hydrogen) atoms. The molecule has 0 saturated heterocycles. The van der Waals surface area contributed by atoms with Crippen LogP contribution < -0.4 is 4.31 Å². The molecule has 0 atom stereocenters. The van der Waals surface area contributed by atoms with Gasteiger partial charge in [0.05, 0.1) is 12.2 Å². The Morgan fingerprint density at radius 1 is 1.09 bits per heavy atom. The second kappa shape index (κ2) is 6.52. The van der Waals surface area contributed by atoms with Crippen molar-refractivity contribution in [1.82, 2.24) is 4.98 Å². The minimum atomic E-state index is -3.60. The summed E-state index contributed by atoms with van der Waals surface area (Å²) in [7, 11) is -3.60. The Bertz CT molecular complexity index is 859. The molecule has 6 heteroatoms. The Morgan fingerprint density at radius 2 is 1.87 bits per heavy atom. The summed E-state index contributed by atoms with van der Waals surface area (Å²) in [5, 5.41) is 1.77. The maximum absolute atomic E-state index is 13.0. The monoisotopic (exact) mass is 344 g/mol. The number of nitrogens with zero attached hydrogens (tertiary/aromatic N) is 2. The minimum absolute atomic E-state index is 0.247. The van der Waals surface area contributed by atoms with Gasteiger partial charge in [-0.3, -0.25) is 9.29 Å². The number of pyridine rings is 1. The zero-order valence-electron chi connectivity index (χ0n) is 12.6. The molecule has 3 aromatic rings. The number of rotatable bonds is 5. The number of hydrogen-bond donors (Lipinski definition) is 0. The maximum Gasteiger partial charge on any atom is 0.274 e. The van der Waals surface area contributed by atoms with Crippen LogP contribution in [0.5, 0.6) is 0 Å². The van der Waals surface area contributed by atoms with Crippen LogP contribution in [-0.4, -0.2) is 13.4 Å². The lowest BCUT2D eigenvalue weighted by atomic mass is 10.2. The predicted molar refractivity (Wildman–Crippen MR) is 93.1 cm³/mol. The van der Waals surface area contributed by atoms with E-state index in [9.17, 15) is 8.42 Å². The third-order valence-electron chi connectivity index (χ3n) is 3.41. The first-order chi connectivity index (χ1) is 11.1. The van der Waals surface area contributed by atoms with Gasteiger partial charge in [-0.1, -0.05) is 29.8 Å². The molecule has 2 heterocycles. The number of sulfonamides is 1. The summed E-state index contributed by atoms with van der Waals surface area (Å²) in [6.45, 7) is 2.22. The van der Waals surface area contributed by atoms with Gasteiger partial charge in [0.15, 0.2) is 0 Å². The largest absolute Gasteiger partial charge is 0.274 e. The van der Waals surface area contributed by atoms with Crippen molar-refractivity contribution in [2.24, 2.45) is 0 Å². The van der Waals surface area contributed by atoms with E-state index in [1.54, 1.807) is 36.0 Å². The molecule has 0 N–H and O–H groups in total. The van der Waals surface area contributed by atoms with Gasteiger partial charge in [0.2, 0.25) is 0 Å². The first-order valence-corrected chi connectivity index (χ1v) is 9.41. The molecule has 0 aliphatic heterocycles. The van der Waals surface area contributed by atoms with Gasteiger partial charge in [-0.25, -0.2) is 8.42 Å². The van der Waals surface area contributed by atoms with Gasteiger partial charge in [-0.05, 0) is 42.1 Å². The van der Waals surface area contributed by atoms with Crippen LogP contribution in [0.25, 0.3) is 0 Å². The van der Waals surface area contributed by atoms with E-state index in [0.717, 1.165) is 11.1 Å². The van der Waals surface area contributed by atoms with E-state index in [-0.39, 0.29) is 6.54 Å². The van der Waals surface area contributed by atoms with Crippen LogP contribution in [0.3, 0.4) is 0 Å². The van der Waals surface area contributed by atoms with E-state index in [1.807, 2.05) is 37.3 Å². The molecule has 0 radical (unpaired) electrons. The van der Waals surface area contributed by atoms with Gasteiger partial charge in [-0.2, -0.15) is 0 Å². The molecule has 0 spiro atoms. The highest BCUT2D eigenvalue weighted by molar-refractivity contribution is 7.94. The quantitative estimate of drug-likeness (QED) is 0.706. The molecule has 3 rings (SSSR count). The van der Waals surface area contributed by atoms with Crippen LogP contribution in [0.4, 0.5) is 5.69 Å². The third-order valence-corrected chi connectivity index (χ3v) is 6.56. The summed E-state index contributed by atoms with van der Waals surface area (Å²) in [6.07, 6.45) is 3.36. The SMILES string of the molecule is Cc1ccc(N(Cc2cccnc2)S(=O)(=O)c2cccs2)cc1. The fraction of sp³-hybridized carbons (Fsp3) is 0.118. The molecule has 118 valence electrons. The zero-order valence-corrected chi connectivity index (χ0v) is 14.2. The zero-order chi connectivity index (χ0) is 16.3. The Morgan fingerprint density at radius 3 is 2.48 bits per heavy atom. The molecule has 0 fully saturated rings. The highest BCUT2D eigenvalue weighted by atomic mass is 32.2. The normalized spacial score (nSPS) is 11.3. The summed E-state index contributed by atoms with van der Waals surface area (Å²) < 4.78 is 27.8. The van der Waals surface area contributed by atoms with Crippen molar-refractivity contribution in [2.75, 3.05) is 4.31 Å². The van der Waals surface area contributed by atoms with Gasteiger partial charge in [0.25, 0.3) is 10.0 Å². The van der Waals surface area contributed by atoms with Crippen LogP contribution in [0, 0.1) is 6.92 Å². The standard InChI is InChI=1S/C17H16N2O2S2/c1-14-6-8-16(9-7-14)19(13-15-4-2-10-18-12-15)23(20,21)17-5-3-11-22-17/h2-12H,13H2,1H3. The fourth-order valence-electron chi connectivity index (χ4n) is 2.20. The fourth-order valence-corrected chi connectivity index (χ4v) is 4.76. The number of hydrogen-bond acceptors (Lipinski definition) is 4. The lowest BCUT2D eigenvalue weighted by Crippen LogP contribution is -2.30. The Labute approximate surface area is 140 Å². The lowest BCUT2D eigenvalue weighted by molar-refractivity contribution is 0.592. The van der Waals surface area contributed by atoms with Gasteiger partial charge < -0.3 is 0 Å². The average molecular weight is 344 g/mol. The maximum atomic E-state index is 13.0. The highest BCUT2D eigenvalue weighted by Crippen LogP contribution is 2.28. The summed E-state index contributed by atoms with van der Waals surface area (Å²) in [5.41, 5.74) is 2.57. The summed E-state index contributed by atoms with van der Waals surface area (Å²) in [6, 6.07) is 14.5. The molecule has 0 unspecified atom stereocenters. The summed E-state index contributed by atoms with van der Waals surface area (Å²) in [5.74, 6) is 0. The average Bonchev–Trinajstić information content (AvgIpc) is 3.10. The van der Waals surface area contributed by atoms with Crippen LogP contribution in [-0.2, 0) is 16.6 Å². The van der Waals surface area contributed by atoms with Gasteiger partial charge in [-0.15, -0.1) is 11.3 Å². The van der Waals surface area contributed by atoms with Gasteiger partial charge in [0, 0.05) is 12.4 Å². The summed E-state index contributed by atoms with van der Waals surface area (Å²) in [4.78, 5) is 4.07. The first kappa shape index (κ1) is 15.7. The van der Waals surface area contributed by atoms with Crippen molar-refractivity contribution in [2.45, 2.75) is 17.7 Å². The van der Waals surface area contributed by atoms with Crippen LogP contribution in [0.15, 0.2) is 70.5 Å². The van der Waals surface area contributed by atoms with E-state index in [2.05, 4.69) is 4.98 Å². The molecular formula is C17H16N2O2S2. The van der Waals surface area contributed by atoms with E-state index in [1.165, 1.54) is 15.6 Å². The van der Waals surface area contributed by atoms with Crippen molar-refractivity contribution in [3.8, 4) is 0 Å². The van der Waals surface area contributed by atoms with Crippen molar-refractivity contribution in [3.05, 3.63) is 77.4 Å². The van der Waals surface area contributed by atoms with E-state index in [0.29, 0.717) is 9.90 Å². The molecule has 0 bridgehead atoms. The third kappa shape index (κ3) is 3.43. The molecular weight excluding hydrogens is 328 g/mol. The smallest absolute Gasteiger partial charge is 0.264 e. The molecule has 0 saturated carbocycles. The Balaban J connectivity index is 2.05. The number of anilines is 1. The Kier molecular flexibility index (Phi) is 4.45. The summed E-state index contributed by atoms with van der Waals surface area (Å²) >= 11 is 1.22. The van der Waals surface area contributed by atoms with E-state index < -0.39 is 10.0 Å². The van der Waals surface area contributed by atoms with Crippen LogP contribution >= 0.6 is 11.3 Å².